The number of benzene rings is 2. The molecule has 2 aromatic carbocycles. The molecule has 4 bridgehead atoms. The molecule has 5 rings (SSSR count). The Morgan fingerprint density at radius 1 is 1.09 bits per heavy atom. The number of fused-ring (bicyclic) bond motifs is 4. The van der Waals surface area contributed by atoms with E-state index in [-0.39, 0.29) is 58.3 Å². The van der Waals surface area contributed by atoms with Crippen molar-refractivity contribution in [1.82, 2.24) is 20.2 Å². The summed E-state index contributed by atoms with van der Waals surface area (Å²) in [5.74, 6) is -0.157. The van der Waals surface area contributed by atoms with Crippen LogP contribution in [-0.2, 0) is 10.0 Å². The van der Waals surface area contributed by atoms with Crippen LogP contribution in [0.1, 0.15) is 68.4 Å². The summed E-state index contributed by atoms with van der Waals surface area (Å²) in [5.41, 5.74) is 3.50. The number of aliphatic hydroxyl groups excluding tert-OH is 1. The number of aryl methyl sites for hydroxylation is 2. The third-order valence-corrected chi connectivity index (χ3v) is 9.27. The van der Waals surface area contributed by atoms with Gasteiger partial charge in [0.2, 0.25) is 11.8 Å². The first-order chi connectivity index (χ1) is 20.2. The number of aliphatic hydroxyl groups is 1. The minimum absolute atomic E-state index is 0.0595. The van der Waals surface area contributed by atoms with E-state index in [1.807, 2.05) is 36.9 Å². The fraction of sp³-hybridized carbons (Fsp3) is 0.469. The Morgan fingerprint density at radius 2 is 1.77 bits per heavy atom. The molecular formula is C32H41N5O5S. The maximum Gasteiger partial charge on any atom is 0.264 e. The number of carbonyl (C=O) groups is 1. The lowest BCUT2D eigenvalue weighted by Gasteiger charge is -2.48. The number of carbonyl (C=O) groups excluding carboxylic acids is 1. The molecule has 0 spiro atoms. The topological polar surface area (TPSA) is 134 Å². The van der Waals surface area contributed by atoms with Crippen LogP contribution in [0.15, 0.2) is 53.4 Å². The number of anilines is 1. The summed E-state index contributed by atoms with van der Waals surface area (Å²) in [6, 6.07) is 13.3. The van der Waals surface area contributed by atoms with Crippen molar-refractivity contribution in [2.24, 2.45) is 5.41 Å². The fourth-order valence-electron chi connectivity index (χ4n) is 6.06. The Hall–Kier alpha value is -3.54. The van der Waals surface area contributed by atoms with Crippen molar-refractivity contribution in [3.63, 3.8) is 0 Å². The molecule has 0 radical (unpaired) electrons. The predicted octanol–water partition coefficient (Wildman–Crippen LogP) is 4.66. The molecule has 2 heterocycles. The second kappa shape index (κ2) is 11.9. The molecule has 10 nitrogen and oxygen atoms in total. The normalized spacial score (nSPS) is 22.6. The van der Waals surface area contributed by atoms with Crippen molar-refractivity contribution in [3.8, 4) is 17.1 Å². The third-order valence-electron chi connectivity index (χ3n) is 7.94. The van der Waals surface area contributed by atoms with Gasteiger partial charge < -0.3 is 14.7 Å². The van der Waals surface area contributed by atoms with Gasteiger partial charge in [0.05, 0.1) is 16.6 Å². The van der Waals surface area contributed by atoms with Crippen LogP contribution < -0.4 is 14.8 Å². The van der Waals surface area contributed by atoms with Crippen LogP contribution in [0.25, 0.3) is 11.3 Å². The van der Waals surface area contributed by atoms with Crippen LogP contribution in [0.4, 0.5) is 5.95 Å². The molecule has 1 aromatic heterocycles. The van der Waals surface area contributed by atoms with Gasteiger partial charge in [-0.15, -0.1) is 0 Å². The van der Waals surface area contributed by atoms with Gasteiger partial charge in [0.1, 0.15) is 12.8 Å². The predicted molar refractivity (Wildman–Crippen MR) is 165 cm³/mol. The second-order valence-electron chi connectivity index (χ2n) is 12.9. The van der Waals surface area contributed by atoms with Gasteiger partial charge in [-0.1, -0.05) is 45.0 Å². The quantitative estimate of drug-likeness (QED) is 0.357. The van der Waals surface area contributed by atoms with Crippen LogP contribution in [0.2, 0.25) is 0 Å². The monoisotopic (exact) mass is 607 g/mol. The zero-order valence-corrected chi connectivity index (χ0v) is 26.4. The molecule has 3 N–H and O–H groups in total. The standard InChI is InChI=1S/C32H41N5O5S/c1-19-9-7-10-20(2)29(19)27-16-28-35-31(34-27)36-43(40,41)26-12-8-11-22(13-26)30(39)37(24-14-23(15-24)33-21(3)38)25(18-42-28)17-32(4,5)6/h7-13,16,21,23-25,33,38H,14-15,17-18H2,1-6H3,(H,34,35,36)/t21?,23?,24?,25-/m1/s1. The van der Waals surface area contributed by atoms with Crippen molar-refractivity contribution in [1.29, 1.82) is 0 Å². The van der Waals surface area contributed by atoms with Crippen molar-refractivity contribution in [3.05, 3.63) is 65.2 Å². The molecular weight excluding hydrogens is 566 g/mol. The Bertz CT molecular complexity index is 1590. The maximum atomic E-state index is 14.2. The zero-order valence-electron chi connectivity index (χ0n) is 25.6. The molecule has 11 heteroatoms. The first kappa shape index (κ1) is 30.9. The second-order valence-corrected chi connectivity index (χ2v) is 14.6. The average molecular weight is 608 g/mol. The van der Waals surface area contributed by atoms with E-state index in [1.54, 1.807) is 25.1 Å². The van der Waals surface area contributed by atoms with Crippen LogP contribution >= 0.6 is 0 Å². The van der Waals surface area contributed by atoms with E-state index in [4.69, 9.17) is 4.74 Å². The zero-order chi connectivity index (χ0) is 31.1. The molecule has 1 fully saturated rings. The van der Waals surface area contributed by atoms with Gasteiger partial charge in [0, 0.05) is 29.3 Å². The average Bonchev–Trinajstić information content (AvgIpc) is 2.88. The summed E-state index contributed by atoms with van der Waals surface area (Å²) < 4.78 is 36.0. The lowest BCUT2D eigenvalue weighted by molar-refractivity contribution is 0.00866. The first-order valence-corrected chi connectivity index (χ1v) is 16.2. The lowest BCUT2D eigenvalue weighted by Crippen LogP contribution is -2.60. The highest BCUT2D eigenvalue weighted by molar-refractivity contribution is 7.92. The number of hydrogen-bond donors (Lipinski definition) is 3. The summed E-state index contributed by atoms with van der Waals surface area (Å²) >= 11 is 0. The van der Waals surface area contributed by atoms with E-state index in [1.165, 1.54) is 12.1 Å². The van der Waals surface area contributed by atoms with Gasteiger partial charge in [-0.05, 0) is 74.8 Å². The van der Waals surface area contributed by atoms with Crippen molar-refractivity contribution < 1.29 is 23.1 Å². The number of amides is 1. The highest BCUT2D eigenvalue weighted by atomic mass is 32.2. The Morgan fingerprint density at radius 3 is 2.42 bits per heavy atom. The molecule has 1 amide bonds. The van der Waals surface area contributed by atoms with Crippen LogP contribution in [-0.4, -0.2) is 65.3 Å². The van der Waals surface area contributed by atoms with E-state index < -0.39 is 16.3 Å². The summed E-state index contributed by atoms with van der Waals surface area (Å²) in [5, 5.41) is 13.0. The molecule has 2 atom stereocenters. The Balaban J connectivity index is 1.63. The minimum Gasteiger partial charge on any atom is -0.475 e. The Labute approximate surface area is 254 Å². The molecule has 1 aliphatic heterocycles. The first-order valence-electron chi connectivity index (χ1n) is 14.7. The van der Waals surface area contributed by atoms with Gasteiger partial charge in [-0.2, -0.15) is 4.98 Å². The molecule has 43 heavy (non-hydrogen) atoms. The molecule has 3 aromatic rings. The summed E-state index contributed by atoms with van der Waals surface area (Å²) in [4.78, 5) is 25.1. The van der Waals surface area contributed by atoms with E-state index >= 15 is 0 Å². The van der Waals surface area contributed by atoms with Gasteiger partial charge in [0.25, 0.3) is 15.9 Å². The molecule has 1 saturated carbocycles. The number of nitrogens with one attached hydrogen (secondary N) is 2. The van der Waals surface area contributed by atoms with E-state index in [9.17, 15) is 18.3 Å². The molecule has 2 aliphatic rings. The number of nitrogens with zero attached hydrogens (tertiary/aromatic N) is 3. The molecule has 230 valence electrons. The lowest BCUT2D eigenvalue weighted by atomic mass is 9.81. The summed E-state index contributed by atoms with van der Waals surface area (Å²) in [6.45, 7) is 12.1. The largest absolute Gasteiger partial charge is 0.475 e. The number of rotatable bonds is 5. The number of hydrogen-bond acceptors (Lipinski definition) is 8. The summed E-state index contributed by atoms with van der Waals surface area (Å²) in [6.07, 6.45) is 1.30. The highest BCUT2D eigenvalue weighted by Crippen LogP contribution is 2.35. The molecule has 1 aliphatic carbocycles. The Kier molecular flexibility index (Phi) is 8.52. The SMILES string of the molecule is Cc1cccc(C)c1-c1cc2nc(n1)NS(=O)(=O)c1cccc(c1)C(=O)N(C1CC(NC(C)O)C1)[C@H](CC(C)(C)C)CO2. The third kappa shape index (κ3) is 7.00. The maximum absolute atomic E-state index is 14.2. The van der Waals surface area contributed by atoms with Gasteiger partial charge in [0.15, 0.2) is 0 Å². The fourth-order valence-corrected chi connectivity index (χ4v) is 7.05. The number of aromatic nitrogens is 2. The number of sulfonamides is 1. The van der Waals surface area contributed by atoms with Crippen LogP contribution in [0, 0.1) is 19.3 Å². The van der Waals surface area contributed by atoms with Crippen LogP contribution in [0.3, 0.4) is 0 Å². The molecule has 1 unspecified atom stereocenters. The molecule has 0 saturated heterocycles. The highest BCUT2D eigenvalue weighted by Gasteiger charge is 2.41. The van der Waals surface area contributed by atoms with Crippen molar-refractivity contribution in [2.75, 3.05) is 11.3 Å². The smallest absolute Gasteiger partial charge is 0.264 e. The van der Waals surface area contributed by atoms with Crippen LogP contribution in [0.5, 0.6) is 5.88 Å². The van der Waals surface area contributed by atoms with Crippen molar-refractivity contribution >= 4 is 21.9 Å². The van der Waals surface area contributed by atoms with Gasteiger partial charge in [-0.25, -0.2) is 18.1 Å². The van der Waals surface area contributed by atoms with Gasteiger partial charge >= 0.3 is 0 Å². The van der Waals surface area contributed by atoms with E-state index in [0.717, 1.165) is 16.7 Å². The number of ether oxygens (including phenoxy) is 1. The summed E-state index contributed by atoms with van der Waals surface area (Å²) in [7, 11) is -4.13. The van der Waals surface area contributed by atoms with Gasteiger partial charge in [-0.3, -0.25) is 10.1 Å². The van der Waals surface area contributed by atoms with E-state index in [2.05, 4.69) is 40.8 Å². The van der Waals surface area contributed by atoms with Crippen molar-refractivity contribution in [2.45, 2.75) is 90.1 Å². The van der Waals surface area contributed by atoms with E-state index in [0.29, 0.717) is 25.0 Å². The minimum atomic E-state index is -4.13.